The van der Waals surface area contributed by atoms with Crippen LogP contribution in [-0.2, 0) is 18.2 Å². The van der Waals surface area contributed by atoms with E-state index in [2.05, 4.69) is 0 Å². The van der Waals surface area contributed by atoms with Crippen LogP contribution >= 0.6 is 7.82 Å². The fourth-order valence-corrected chi connectivity index (χ4v) is 3.44. The van der Waals surface area contributed by atoms with Crippen LogP contribution in [0, 0.1) is 5.92 Å². The summed E-state index contributed by atoms with van der Waals surface area (Å²) >= 11 is 0. The number of phosphoric ester groups is 1. The molecule has 2 bridgehead atoms. The summed E-state index contributed by atoms with van der Waals surface area (Å²) in [4.78, 5) is 0. The lowest BCUT2D eigenvalue weighted by Gasteiger charge is -2.35. The second kappa shape index (κ2) is 1.56. The van der Waals surface area contributed by atoms with Crippen molar-refractivity contribution in [2.24, 2.45) is 5.92 Å². The Morgan fingerprint density at radius 3 is 3.00 bits per heavy atom. The maximum atomic E-state index is 11.1. The molecule has 0 N–H and O–H groups in total. The maximum Gasteiger partial charge on any atom is 0.499 e. The van der Waals surface area contributed by atoms with Crippen molar-refractivity contribution >= 4 is 7.82 Å². The van der Waals surface area contributed by atoms with E-state index in [1.165, 1.54) is 0 Å². The Morgan fingerprint density at radius 1 is 1.64 bits per heavy atom. The van der Waals surface area contributed by atoms with Crippen LogP contribution in [0.5, 0.6) is 0 Å². The highest BCUT2D eigenvalue weighted by Gasteiger charge is 2.75. The van der Waals surface area contributed by atoms with Crippen LogP contribution in [-0.4, -0.2) is 17.5 Å². The van der Waals surface area contributed by atoms with Gasteiger partial charge < -0.3 is 0 Å². The van der Waals surface area contributed by atoms with Gasteiger partial charge in [-0.1, -0.05) is 6.92 Å². The van der Waals surface area contributed by atoms with Gasteiger partial charge in [0.1, 0.15) is 0 Å². The lowest BCUT2D eigenvalue weighted by molar-refractivity contribution is -0.275. The molecular formula is C5H8NO4P. The summed E-state index contributed by atoms with van der Waals surface area (Å²) in [5, 5.41) is 1.55. The van der Waals surface area contributed by atoms with Gasteiger partial charge >= 0.3 is 7.82 Å². The number of hydroxylamine groups is 2. The minimum atomic E-state index is -3.10. The van der Waals surface area contributed by atoms with Gasteiger partial charge in [0.15, 0.2) is 0 Å². The van der Waals surface area contributed by atoms with Gasteiger partial charge in [0.2, 0.25) is 0 Å². The van der Waals surface area contributed by atoms with E-state index >= 15 is 0 Å². The third-order valence-electron chi connectivity index (χ3n) is 2.42. The highest BCUT2D eigenvalue weighted by atomic mass is 31.2. The van der Waals surface area contributed by atoms with Crippen LogP contribution in [0.1, 0.15) is 13.3 Å². The molecule has 1 unspecified atom stereocenters. The van der Waals surface area contributed by atoms with Crippen molar-refractivity contribution in [3.8, 4) is 0 Å². The van der Waals surface area contributed by atoms with Gasteiger partial charge in [0.05, 0.1) is 0 Å². The molecule has 4 saturated heterocycles. The zero-order chi connectivity index (χ0) is 7.69. The van der Waals surface area contributed by atoms with E-state index in [0.717, 1.165) is 13.0 Å². The molecule has 0 amide bonds. The average Bonchev–Trinajstić information content (AvgIpc) is 2.37. The first-order chi connectivity index (χ1) is 5.15. The fraction of sp³-hybridized carbons (Fsp3) is 1.00. The Morgan fingerprint density at radius 2 is 2.36 bits per heavy atom. The predicted molar refractivity (Wildman–Crippen MR) is 34.1 cm³/mol. The molecule has 6 heteroatoms. The minimum Gasteiger partial charge on any atom is -0.235 e. The summed E-state index contributed by atoms with van der Waals surface area (Å²) in [5.41, 5.74) is 0. The topological polar surface area (TPSA) is 48.0 Å². The van der Waals surface area contributed by atoms with Crippen LogP contribution in [0.25, 0.3) is 0 Å². The Bertz CT molecular complexity index is 257. The van der Waals surface area contributed by atoms with Crippen molar-refractivity contribution in [1.29, 1.82) is 0 Å². The summed E-state index contributed by atoms with van der Waals surface area (Å²) in [7, 11) is -3.10. The Balaban J connectivity index is 2.04. The van der Waals surface area contributed by atoms with E-state index in [4.69, 9.17) is 13.7 Å². The SMILES string of the molecule is CC1CCN2OP3(=O)OC12O3. The molecule has 0 aromatic heterocycles. The molecule has 4 heterocycles. The minimum absolute atomic E-state index is 0.243. The standard InChI is InChI=1S/C5H8NO4P/c1-4-2-3-6-5(4)8-11(7,9-5)10-6/h4H,2-3H2,1H3. The highest BCUT2D eigenvalue weighted by molar-refractivity contribution is 7.50. The molecule has 4 aliphatic heterocycles. The molecule has 4 aliphatic rings. The molecule has 0 aromatic rings. The van der Waals surface area contributed by atoms with Crippen molar-refractivity contribution in [2.75, 3.05) is 6.54 Å². The predicted octanol–water partition coefficient (Wildman–Crippen LogP) is 1.08. The molecule has 4 rings (SSSR count). The summed E-state index contributed by atoms with van der Waals surface area (Å²) < 4.78 is 26.3. The van der Waals surface area contributed by atoms with Gasteiger partial charge in [-0.3, -0.25) is 0 Å². The summed E-state index contributed by atoms with van der Waals surface area (Å²) in [6.45, 7) is 2.74. The fourth-order valence-electron chi connectivity index (χ4n) is 1.74. The quantitative estimate of drug-likeness (QED) is 0.518. The van der Waals surface area contributed by atoms with E-state index in [0.29, 0.717) is 0 Å². The average molecular weight is 177 g/mol. The van der Waals surface area contributed by atoms with Crippen molar-refractivity contribution in [2.45, 2.75) is 19.3 Å². The van der Waals surface area contributed by atoms with E-state index in [1.807, 2.05) is 6.92 Å². The molecule has 0 aromatic carbocycles. The third kappa shape index (κ3) is 0.565. The summed E-state index contributed by atoms with van der Waals surface area (Å²) in [5.74, 6) is -0.540. The van der Waals surface area contributed by atoms with Gasteiger partial charge in [0.25, 0.3) is 5.91 Å². The van der Waals surface area contributed by atoms with Crippen LogP contribution in [0.15, 0.2) is 0 Å². The van der Waals surface area contributed by atoms with Crippen molar-refractivity contribution in [3.63, 3.8) is 0 Å². The van der Waals surface area contributed by atoms with Crippen LogP contribution in [0.4, 0.5) is 0 Å². The normalized spacial score (nSPS) is 61.0. The molecule has 62 valence electrons. The van der Waals surface area contributed by atoms with Crippen molar-refractivity contribution in [3.05, 3.63) is 0 Å². The molecule has 0 aliphatic carbocycles. The second-order valence-corrected chi connectivity index (χ2v) is 4.56. The first-order valence-electron chi connectivity index (χ1n) is 3.64. The van der Waals surface area contributed by atoms with E-state index < -0.39 is 13.7 Å². The molecule has 11 heavy (non-hydrogen) atoms. The van der Waals surface area contributed by atoms with Gasteiger partial charge in [-0.25, -0.2) is 13.6 Å². The van der Waals surface area contributed by atoms with Gasteiger partial charge in [-0.2, -0.15) is 4.62 Å². The zero-order valence-electron chi connectivity index (χ0n) is 6.02. The molecular weight excluding hydrogens is 169 g/mol. The number of rotatable bonds is 0. The number of hydrogen-bond donors (Lipinski definition) is 0. The Labute approximate surface area is 63.8 Å². The lowest BCUT2D eigenvalue weighted by Crippen LogP contribution is -2.47. The zero-order valence-corrected chi connectivity index (χ0v) is 6.91. The number of phosphoric acid groups is 1. The maximum absolute atomic E-state index is 11.1. The van der Waals surface area contributed by atoms with E-state index in [9.17, 15) is 4.57 Å². The molecule has 5 nitrogen and oxygen atoms in total. The van der Waals surface area contributed by atoms with E-state index in [1.54, 1.807) is 5.06 Å². The molecule has 4 fully saturated rings. The third-order valence-corrected chi connectivity index (χ3v) is 3.79. The second-order valence-electron chi connectivity index (χ2n) is 3.13. The van der Waals surface area contributed by atoms with Gasteiger partial charge in [0, 0.05) is 12.5 Å². The molecule has 1 spiro atoms. The molecule has 1 atom stereocenters. The van der Waals surface area contributed by atoms with Gasteiger partial charge in [-0.05, 0) is 6.42 Å². The lowest BCUT2D eigenvalue weighted by atomic mass is 10.1. The van der Waals surface area contributed by atoms with Gasteiger partial charge in [-0.15, -0.1) is 5.06 Å². The summed E-state index contributed by atoms with van der Waals surface area (Å²) in [6.07, 6.45) is 0.958. The van der Waals surface area contributed by atoms with Crippen molar-refractivity contribution in [1.82, 2.24) is 5.06 Å². The van der Waals surface area contributed by atoms with Crippen LogP contribution in [0.3, 0.4) is 0 Å². The van der Waals surface area contributed by atoms with Crippen LogP contribution < -0.4 is 0 Å². The Kier molecular flexibility index (Phi) is 0.930. The van der Waals surface area contributed by atoms with E-state index in [-0.39, 0.29) is 5.92 Å². The molecule has 0 radical (unpaired) electrons. The summed E-state index contributed by atoms with van der Waals surface area (Å²) in [6, 6.07) is 0. The largest absolute Gasteiger partial charge is 0.499 e. The van der Waals surface area contributed by atoms with Crippen molar-refractivity contribution < 1.29 is 18.2 Å². The first kappa shape index (κ1) is 6.57. The number of nitrogens with zero attached hydrogens (tertiary/aromatic N) is 1. The monoisotopic (exact) mass is 177 g/mol. The number of hydrogen-bond acceptors (Lipinski definition) is 5. The van der Waals surface area contributed by atoms with Crippen LogP contribution in [0.2, 0.25) is 0 Å². The molecule has 0 saturated carbocycles. The first-order valence-corrected chi connectivity index (χ1v) is 5.10. The smallest absolute Gasteiger partial charge is 0.235 e. The highest BCUT2D eigenvalue weighted by Crippen LogP contribution is 2.76. The Hall–Kier alpha value is 0.0700.